The highest BCUT2D eigenvalue weighted by molar-refractivity contribution is 6.20. The van der Waals surface area contributed by atoms with Gasteiger partial charge in [-0.3, -0.25) is 0 Å². The Balaban J connectivity index is 2.43. The van der Waals surface area contributed by atoms with E-state index >= 15 is 0 Å². The van der Waals surface area contributed by atoms with Crippen molar-refractivity contribution in [3.05, 3.63) is 23.3 Å². The van der Waals surface area contributed by atoms with Crippen LogP contribution in [0.4, 0.5) is 0 Å². The molecule has 2 unspecified atom stereocenters. The van der Waals surface area contributed by atoms with Gasteiger partial charge < -0.3 is 0 Å². The lowest BCUT2D eigenvalue weighted by atomic mass is 9.83. The molecule has 0 fully saturated rings. The van der Waals surface area contributed by atoms with Crippen molar-refractivity contribution >= 4 is 11.6 Å². The first-order valence-corrected chi connectivity index (χ1v) is 7.01. The Labute approximate surface area is 109 Å². The van der Waals surface area contributed by atoms with Crippen LogP contribution in [0.3, 0.4) is 0 Å². The Hall–Kier alpha value is -0.630. The molecule has 0 amide bonds. The van der Waals surface area contributed by atoms with E-state index in [4.69, 9.17) is 11.6 Å². The van der Waals surface area contributed by atoms with E-state index in [9.17, 15) is 0 Å². The standard InChI is InChI=1S/C14H21ClN2/c1-9(2)13(10(3)15)14-11-6-4-5-7-12(11)16-8-17-14/h8-10,13H,4-7H2,1-3H3. The largest absolute Gasteiger partial charge is 0.241 e. The van der Waals surface area contributed by atoms with Gasteiger partial charge in [0.05, 0.1) is 5.69 Å². The van der Waals surface area contributed by atoms with Gasteiger partial charge in [-0.25, -0.2) is 9.97 Å². The Morgan fingerprint density at radius 3 is 2.47 bits per heavy atom. The molecule has 0 bridgehead atoms. The normalized spacial score (nSPS) is 18.9. The van der Waals surface area contributed by atoms with Gasteiger partial charge in [0.25, 0.3) is 0 Å². The molecule has 1 aromatic heterocycles. The highest BCUT2D eigenvalue weighted by Gasteiger charge is 2.27. The van der Waals surface area contributed by atoms with Crippen LogP contribution >= 0.6 is 11.6 Å². The summed E-state index contributed by atoms with van der Waals surface area (Å²) < 4.78 is 0. The number of hydrogen-bond donors (Lipinski definition) is 0. The molecular formula is C14H21ClN2. The Bertz CT molecular complexity index is 380. The third kappa shape index (κ3) is 2.62. The van der Waals surface area contributed by atoms with Gasteiger partial charge in [-0.2, -0.15) is 0 Å². The number of fused-ring (bicyclic) bond motifs is 1. The van der Waals surface area contributed by atoms with E-state index in [1.165, 1.54) is 29.8 Å². The molecule has 3 heteroatoms. The first-order valence-electron chi connectivity index (χ1n) is 6.58. The maximum atomic E-state index is 6.36. The maximum Gasteiger partial charge on any atom is 0.115 e. The number of alkyl halides is 1. The minimum absolute atomic E-state index is 0.121. The van der Waals surface area contributed by atoms with Crippen molar-refractivity contribution in [3.63, 3.8) is 0 Å². The summed E-state index contributed by atoms with van der Waals surface area (Å²) in [7, 11) is 0. The molecule has 0 radical (unpaired) electrons. The summed E-state index contributed by atoms with van der Waals surface area (Å²) in [6, 6.07) is 0. The van der Waals surface area contributed by atoms with Crippen molar-refractivity contribution < 1.29 is 0 Å². The van der Waals surface area contributed by atoms with Crippen molar-refractivity contribution in [2.24, 2.45) is 5.92 Å². The van der Waals surface area contributed by atoms with Crippen molar-refractivity contribution in [1.29, 1.82) is 0 Å². The van der Waals surface area contributed by atoms with Crippen LogP contribution in [-0.4, -0.2) is 15.3 Å². The summed E-state index contributed by atoms with van der Waals surface area (Å²) in [5.41, 5.74) is 3.83. The fourth-order valence-electron chi connectivity index (χ4n) is 2.90. The van der Waals surface area contributed by atoms with Crippen LogP contribution < -0.4 is 0 Å². The van der Waals surface area contributed by atoms with Crippen molar-refractivity contribution in [2.45, 2.75) is 57.7 Å². The number of rotatable bonds is 3. The third-order valence-corrected chi connectivity index (χ3v) is 3.96. The molecule has 1 heterocycles. The van der Waals surface area contributed by atoms with Crippen molar-refractivity contribution in [3.8, 4) is 0 Å². The molecule has 1 aromatic rings. The summed E-state index contributed by atoms with van der Waals surface area (Å²) >= 11 is 6.36. The monoisotopic (exact) mass is 252 g/mol. The van der Waals surface area contributed by atoms with E-state index in [-0.39, 0.29) is 5.38 Å². The highest BCUT2D eigenvalue weighted by atomic mass is 35.5. The van der Waals surface area contributed by atoms with Gasteiger partial charge in [0.2, 0.25) is 0 Å². The van der Waals surface area contributed by atoms with Gasteiger partial charge in [-0.1, -0.05) is 13.8 Å². The zero-order valence-electron chi connectivity index (χ0n) is 10.9. The second kappa shape index (κ2) is 5.34. The highest BCUT2D eigenvalue weighted by Crippen LogP contribution is 2.34. The number of aryl methyl sites for hydroxylation is 1. The van der Waals surface area contributed by atoms with E-state index in [1.807, 2.05) is 0 Å². The van der Waals surface area contributed by atoms with E-state index in [0.717, 1.165) is 12.8 Å². The molecule has 0 saturated carbocycles. The summed E-state index contributed by atoms with van der Waals surface area (Å²) in [4.78, 5) is 8.97. The third-order valence-electron chi connectivity index (χ3n) is 3.69. The second-order valence-corrected chi connectivity index (χ2v) is 6.03. The fraction of sp³-hybridized carbons (Fsp3) is 0.714. The SMILES string of the molecule is CC(C)C(c1ncnc2c1CCCC2)C(C)Cl. The predicted molar refractivity (Wildman–Crippen MR) is 71.6 cm³/mol. The number of hydrogen-bond acceptors (Lipinski definition) is 2. The molecule has 94 valence electrons. The average molecular weight is 253 g/mol. The van der Waals surface area contributed by atoms with Gasteiger partial charge in [0, 0.05) is 17.0 Å². The molecule has 2 nitrogen and oxygen atoms in total. The van der Waals surface area contributed by atoms with Gasteiger partial charge >= 0.3 is 0 Å². The van der Waals surface area contributed by atoms with Gasteiger partial charge in [0.15, 0.2) is 0 Å². The van der Waals surface area contributed by atoms with Crippen LogP contribution in [0.2, 0.25) is 0 Å². The molecule has 2 rings (SSSR count). The molecule has 0 saturated heterocycles. The van der Waals surface area contributed by atoms with Crippen LogP contribution in [0.15, 0.2) is 6.33 Å². The smallest absolute Gasteiger partial charge is 0.115 e. The maximum absolute atomic E-state index is 6.36. The molecule has 0 spiro atoms. The summed E-state index contributed by atoms with van der Waals surface area (Å²) in [5.74, 6) is 0.856. The van der Waals surface area contributed by atoms with Crippen molar-refractivity contribution in [1.82, 2.24) is 9.97 Å². The first kappa shape index (κ1) is 12.8. The average Bonchev–Trinajstić information content (AvgIpc) is 2.28. The predicted octanol–water partition coefficient (Wildman–Crippen LogP) is 3.72. The lowest BCUT2D eigenvalue weighted by Crippen LogP contribution is -2.21. The van der Waals surface area contributed by atoms with Crippen LogP contribution in [-0.2, 0) is 12.8 Å². The lowest BCUT2D eigenvalue weighted by Gasteiger charge is -2.27. The second-order valence-electron chi connectivity index (χ2n) is 5.34. The van der Waals surface area contributed by atoms with Gasteiger partial charge in [0.1, 0.15) is 6.33 Å². The minimum Gasteiger partial charge on any atom is -0.241 e. The molecule has 2 atom stereocenters. The Morgan fingerprint density at radius 2 is 1.82 bits per heavy atom. The van der Waals surface area contributed by atoms with Crippen LogP contribution in [0.1, 0.15) is 56.5 Å². The number of aromatic nitrogens is 2. The van der Waals surface area contributed by atoms with Gasteiger partial charge in [-0.15, -0.1) is 11.6 Å². The molecular weight excluding hydrogens is 232 g/mol. The van der Waals surface area contributed by atoms with Gasteiger partial charge in [-0.05, 0) is 44.1 Å². The van der Waals surface area contributed by atoms with E-state index in [2.05, 4.69) is 30.7 Å². The molecule has 0 aliphatic heterocycles. The Morgan fingerprint density at radius 1 is 1.12 bits per heavy atom. The van der Waals surface area contributed by atoms with Crippen LogP contribution in [0.25, 0.3) is 0 Å². The molecule has 17 heavy (non-hydrogen) atoms. The lowest BCUT2D eigenvalue weighted by molar-refractivity contribution is 0.470. The molecule has 1 aliphatic rings. The summed E-state index contributed by atoms with van der Waals surface area (Å²) in [6.45, 7) is 6.52. The van der Waals surface area contributed by atoms with E-state index in [0.29, 0.717) is 11.8 Å². The van der Waals surface area contributed by atoms with Crippen LogP contribution in [0, 0.1) is 5.92 Å². The first-order chi connectivity index (χ1) is 8.11. The number of nitrogens with zero attached hydrogens (tertiary/aromatic N) is 2. The zero-order valence-corrected chi connectivity index (χ0v) is 11.7. The summed E-state index contributed by atoms with van der Waals surface area (Å²) in [6.07, 6.45) is 6.46. The molecule has 0 aromatic carbocycles. The van der Waals surface area contributed by atoms with Crippen LogP contribution in [0.5, 0.6) is 0 Å². The van der Waals surface area contributed by atoms with E-state index in [1.54, 1.807) is 6.33 Å². The quantitative estimate of drug-likeness (QED) is 0.767. The molecule has 1 aliphatic carbocycles. The zero-order chi connectivity index (χ0) is 12.4. The topological polar surface area (TPSA) is 25.8 Å². The fourth-order valence-corrected chi connectivity index (χ4v) is 3.31. The minimum atomic E-state index is 0.121. The van der Waals surface area contributed by atoms with Crippen molar-refractivity contribution in [2.75, 3.05) is 0 Å². The molecule has 0 N–H and O–H groups in total. The number of halogens is 1. The Kier molecular flexibility index (Phi) is 4.03. The van der Waals surface area contributed by atoms with E-state index < -0.39 is 0 Å². The summed E-state index contributed by atoms with van der Waals surface area (Å²) in [5, 5.41) is 0.121.